The number of hydrogen-bond acceptors (Lipinski definition) is 4. The van der Waals surface area contributed by atoms with E-state index < -0.39 is 0 Å². The van der Waals surface area contributed by atoms with Gasteiger partial charge in [-0.1, -0.05) is 23.7 Å². The van der Waals surface area contributed by atoms with Crippen molar-refractivity contribution in [3.8, 4) is 0 Å². The number of carbonyl (C=O) groups excluding carboxylic acids is 1. The van der Waals surface area contributed by atoms with Gasteiger partial charge >= 0.3 is 0 Å². The zero-order valence-corrected chi connectivity index (χ0v) is 15.3. The third-order valence-corrected chi connectivity index (χ3v) is 4.28. The maximum atomic E-state index is 12.5. The summed E-state index contributed by atoms with van der Waals surface area (Å²) in [5, 5.41) is 3.67. The summed E-state index contributed by atoms with van der Waals surface area (Å²) in [4.78, 5) is 30.9. The lowest BCUT2D eigenvalue weighted by atomic mass is 10.2. The summed E-state index contributed by atoms with van der Waals surface area (Å²) in [6.45, 7) is 0.304. The topological polar surface area (TPSA) is 67.2 Å². The highest BCUT2D eigenvalue weighted by Crippen LogP contribution is 2.14. The summed E-state index contributed by atoms with van der Waals surface area (Å²) in [6.07, 6.45) is 1.38. The van der Waals surface area contributed by atoms with Crippen molar-refractivity contribution < 1.29 is 4.79 Å². The largest absolute Gasteiger partial charge is 0.378 e. The monoisotopic (exact) mass is 370 g/mol. The molecule has 0 saturated heterocycles. The Kier molecular flexibility index (Phi) is 5.23. The van der Waals surface area contributed by atoms with Crippen molar-refractivity contribution in [2.45, 2.75) is 13.1 Å². The number of amides is 1. The number of fused-ring (bicyclic) bond motifs is 1. The second-order valence-electron chi connectivity index (χ2n) is 6.18. The van der Waals surface area contributed by atoms with Crippen LogP contribution in [0.3, 0.4) is 0 Å². The van der Waals surface area contributed by atoms with Crippen LogP contribution >= 0.6 is 11.6 Å². The van der Waals surface area contributed by atoms with E-state index >= 15 is 0 Å². The molecule has 1 N–H and O–H groups in total. The van der Waals surface area contributed by atoms with E-state index in [1.165, 1.54) is 10.9 Å². The summed E-state index contributed by atoms with van der Waals surface area (Å²) >= 11 is 5.94. The first-order valence-corrected chi connectivity index (χ1v) is 8.49. The molecule has 0 fully saturated rings. The van der Waals surface area contributed by atoms with Crippen molar-refractivity contribution >= 4 is 34.1 Å². The summed E-state index contributed by atoms with van der Waals surface area (Å²) in [7, 11) is 3.94. The quantitative estimate of drug-likeness (QED) is 0.749. The average Bonchev–Trinajstić information content (AvgIpc) is 2.63. The van der Waals surface area contributed by atoms with E-state index in [1.807, 2.05) is 43.3 Å². The zero-order valence-electron chi connectivity index (χ0n) is 14.6. The Morgan fingerprint density at radius 2 is 1.92 bits per heavy atom. The van der Waals surface area contributed by atoms with Crippen LogP contribution in [-0.4, -0.2) is 29.6 Å². The fourth-order valence-corrected chi connectivity index (χ4v) is 2.74. The van der Waals surface area contributed by atoms with Gasteiger partial charge in [0.1, 0.15) is 6.54 Å². The molecule has 0 spiro atoms. The van der Waals surface area contributed by atoms with Gasteiger partial charge in [-0.15, -0.1) is 0 Å². The van der Waals surface area contributed by atoms with E-state index in [2.05, 4.69) is 10.3 Å². The Hall–Kier alpha value is -2.86. The number of nitrogens with one attached hydrogen (secondary N) is 1. The SMILES string of the molecule is CN(C)c1ccc(CNC(=O)Cn2cnc3ccc(Cl)cc3c2=O)cc1. The first kappa shape index (κ1) is 17.9. The number of aromatic nitrogens is 2. The van der Waals surface area contributed by atoms with Crippen LogP contribution in [0.2, 0.25) is 5.02 Å². The third-order valence-electron chi connectivity index (χ3n) is 4.04. The highest BCUT2D eigenvalue weighted by molar-refractivity contribution is 6.31. The van der Waals surface area contributed by atoms with Gasteiger partial charge in [0.15, 0.2) is 0 Å². The van der Waals surface area contributed by atoms with Crippen LogP contribution in [0.4, 0.5) is 5.69 Å². The number of hydrogen-bond donors (Lipinski definition) is 1. The van der Waals surface area contributed by atoms with Crippen LogP contribution in [0.15, 0.2) is 53.6 Å². The van der Waals surface area contributed by atoms with Crippen LogP contribution in [-0.2, 0) is 17.9 Å². The molecule has 1 aromatic heterocycles. The number of nitrogens with zero attached hydrogens (tertiary/aromatic N) is 3. The van der Waals surface area contributed by atoms with Crippen molar-refractivity contribution in [1.82, 2.24) is 14.9 Å². The molecule has 0 atom stereocenters. The predicted molar refractivity (Wildman–Crippen MR) is 104 cm³/mol. The molecule has 134 valence electrons. The van der Waals surface area contributed by atoms with E-state index in [4.69, 9.17) is 11.6 Å². The Morgan fingerprint density at radius 1 is 1.19 bits per heavy atom. The van der Waals surface area contributed by atoms with E-state index in [0.717, 1.165) is 11.3 Å². The van der Waals surface area contributed by atoms with Gasteiger partial charge in [-0.25, -0.2) is 4.98 Å². The summed E-state index contributed by atoms with van der Waals surface area (Å²) in [5.74, 6) is -0.257. The minimum atomic E-state index is -0.289. The molecule has 1 heterocycles. The van der Waals surface area contributed by atoms with Crippen molar-refractivity contribution in [2.24, 2.45) is 0 Å². The van der Waals surface area contributed by atoms with Gasteiger partial charge in [-0.3, -0.25) is 14.2 Å². The van der Waals surface area contributed by atoms with Gasteiger partial charge in [-0.2, -0.15) is 0 Å². The molecule has 0 radical (unpaired) electrons. The van der Waals surface area contributed by atoms with Crippen molar-refractivity contribution in [3.63, 3.8) is 0 Å². The summed E-state index contributed by atoms with van der Waals surface area (Å²) in [6, 6.07) is 12.8. The van der Waals surface area contributed by atoms with Gasteiger partial charge < -0.3 is 10.2 Å². The first-order chi connectivity index (χ1) is 12.4. The Balaban J connectivity index is 1.67. The molecule has 0 unspecified atom stereocenters. The van der Waals surface area contributed by atoms with E-state index in [0.29, 0.717) is 22.5 Å². The Morgan fingerprint density at radius 3 is 2.62 bits per heavy atom. The number of benzene rings is 2. The smallest absolute Gasteiger partial charge is 0.261 e. The van der Waals surface area contributed by atoms with Gasteiger partial charge in [0.25, 0.3) is 5.56 Å². The fourth-order valence-electron chi connectivity index (χ4n) is 2.57. The molecule has 6 nitrogen and oxygen atoms in total. The number of anilines is 1. The zero-order chi connectivity index (χ0) is 18.7. The first-order valence-electron chi connectivity index (χ1n) is 8.12. The van der Waals surface area contributed by atoms with Gasteiger partial charge in [0.05, 0.1) is 17.2 Å². The predicted octanol–water partition coefficient (Wildman–Crippen LogP) is 2.43. The molecular weight excluding hydrogens is 352 g/mol. The molecule has 0 saturated carbocycles. The minimum absolute atomic E-state index is 0.0932. The molecule has 7 heteroatoms. The van der Waals surface area contributed by atoms with Crippen molar-refractivity contribution in [1.29, 1.82) is 0 Å². The van der Waals surface area contributed by atoms with Crippen LogP contribution in [0.1, 0.15) is 5.56 Å². The van der Waals surface area contributed by atoms with Crippen molar-refractivity contribution in [3.05, 3.63) is 69.7 Å². The molecule has 0 bridgehead atoms. The lowest BCUT2D eigenvalue weighted by Gasteiger charge is -2.13. The maximum Gasteiger partial charge on any atom is 0.261 e. The average molecular weight is 371 g/mol. The molecule has 0 aliphatic carbocycles. The van der Waals surface area contributed by atoms with Gasteiger partial charge in [0, 0.05) is 31.4 Å². The number of rotatable bonds is 5. The molecule has 1 amide bonds. The van der Waals surface area contributed by atoms with Crippen LogP contribution in [0, 0.1) is 0 Å². The summed E-state index contributed by atoms with van der Waals surface area (Å²) < 4.78 is 1.28. The number of carbonyl (C=O) groups is 1. The van der Waals surface area contributed by atoms with E-state index in [1.54, 1.807) is 18.2 Å². The normalized spacial score (nSPS) is 10.7. The maximum absolute atomic E-state index is 12.5. The molecule has 2 aromatic carbocycles. The van der Waals surface area contributed by atoms with Crippen molar-refractivity contribution in [2.75, 3.05) is 19.0 Å². The van der Waals surface area contributed by atoms with Crippen LogP contribution in [0.5, 0.6) is 0 Å². The minimum Gasteiger partial charge on any atom is -0.378 e. The molecular formula is C19H19ClN4O2. The van der Waals surface area contributed by atoms with Crippen LogP contribution < -0.4 is 15.8 Å². The lowest BCUT2D eigenvalue weighted by molar-refractivity contribution is -0.121. The fraction of sp³-hybridized carbons (Fsp3) is 0.211. The summed E-state index contributed by atoms with van der Waals surface area (Å²) in [5.41, 5.74) is 2.34. The molecule has 26 heavy (non-hydrogen) atoms. The van der Waals surface area contributed by atoms with Gasteiger partial charge in [0.2, 0.25) is 5.91 Å². The lowest BCUT2D eigenvalue weighted by Crippen LogP contribution is -2.32. The van der Waals surface area contributed by atoms with E-state index in [9.17, 15) is 9.59 Å². The molecule has 0 aliphatic heterocycles. The third kappa shape index (κ3) is 4.03. The highest BCUT2D eigenvalue weighted by Gasteiger charge is 2.09. The van der Waals surface area contributed by atoms with Gasteiger partial charge in [-0.05, 0) is 35.9 Å². The number of halogens is 1. The second kappa shape index (κ2) is 7.58. The standard InChI is InChI=1S/C19H19ClN4O2/c1-23(2)15-6-3-13(4-7-15)10-21-18(25)11-24-12-22-17-8-5-14(20)9-16(17)19(24)26/h3-9,12H,10-11H2,1-2H3,(H,21,25). The molecule has 3 rings (SSSR count). The molecule has 3 aromatic rings. The molecule has 0 aliphatic rings. The Bertz CT molecular complexity index is 997. The Labute approximate surface area is 156 Å². The highest BCUT2D eigenvalue weighted by atomic mass is 35.5. The van der Waals surface area contributed by atoms with Crippen LogP contribution in [0.25, 0.3) is 10.9 Å². The van der Waals surface area contributed by atoms with E-state index in [-0.39, 0.29) is 18.0 Å². The second-order valence-corrected chi connectivity index (χ2v) is 6.61.